The highest BCUT2D eigenvalue weighted by atomic mass is 19.4. The van der Waals surface area contributed by atoms with Crippen LogP contribution in [0.1, 0.15) is 12.0 Å². The molecule has 2 aromatic rings. The first-order valence-electron chi connectivity index (χ1n) is 6.93. The van der Waals surface area contributed by atoms with Gasteiger partial charge < -0.3 is 10.6 Å². The van der Waals surface area contributed by atoms with Crippen LogP contribution >= 0.6 is 0 Å². The molecule has 0 bridgehead atoms. The van der Waals surface area contributed by atoms with Crippen LogP contribution in [0, 0.1) is 11.6 Å². The van der Waals surface area contributed by atoms with E-state index in [0.29, 0.717) is 0 Å². The van der Waals surface area contributed by atoms with E-state index in [4.69, 9.17) is 0 Å². The summed E-state index contributed by atoms with van der Waals surface area (Å²) in [5, 5.41) is 4.56. The second-order valence-electron chi connectivity index (χ2n) is 4.86. The summed E-state index contributed by atoms with van der Waals surface area (Å²) in [5.74, 6) is -2.36. The van der Waals surface area contributed by atoms with E-state index in [1.807, 2.05) is 0 Å². The molecule has 2 aromatic carbocycles. The van der Waals surface area contributed by atoms with Gasteiger partial charge in [0.25, 0.3) is 0 Å². The third-order valence-corrected chi connectivity index (χ3v) is 3.12. The first kappa shape index (κ1) is 17.7. The summed E-state index contributed by atoms with van der Waals surface area (Å²) in [5.41, 5.74) is -1.72. The predicted molar refractivity (Wildman–Crippen MR) is 79.5 cm³/mol. The smallest absolute Gasteiger partial charge is 0.380 e. The standard InChI is InChI=1S/C16H13F5N2O/c17-11-5-3-6-12(18)15(11)22-9-8-14(24)23-13-7-2-1-4-10(13)16(19,20)21/h1-7,22H,8-9H2,(H,23,24). The monoisotopic (exact) mass is 344 g/mol. The van der Waals surface area contributed by atoms with Crippen molar-refractivity contribution < 1.29 is 26.7 Å². The van der Waals surface area contributed by atoms with E-state index in [1.54, 1.807) is 0 Å². The second-order valence-corrected chi connectivity index (χ2v) is 4.86. The van der Waals surface area contributed by atoms with Crippen LogP contribution in [0.3, 0.4) is 0 Å². The number of carbonyl (C=O) groups is 1. The highest BCUT2D eigenvalue weighted by Gasteiger charge is 2.33. The molecule has 3 nitrogen and oxygen atoms in total. The van der Waals surface area contributed by atoms with Crippen molar-refractivity contribution in [3.63, 3.8) is 0 Å². The lowest BCUT2D eigenvalue weighted by molar-refractivity contribution is -0.137. The molecular formula is C16H13F5N2O. The Morgan fingerprint density at radius 1 is 0.958 bits per heavy atom. The highest BCUT2D eigenvalue weighted by Crippen LogP contribution is 2.34. The molecule has 0 aromatic heterocycles. The molecule has 128 valence electrons. The topological polar surface area (TPSA) is 41.1 Å². The zero-order valence-corrected chi connectivity index (χ0v) is 12.3. The third-order valence-electron chi connectivity index (χ3n) is 3.12. The van der Waals surface area contributed by atoms with Gasteiger partial charge in [-0.05, 0) is 24.3 Å². The molecule has 8 heteroatoms. The van der Waals surface area contributed by atoms with Crippen LogP contribution in [-0.4, -0.2) is 12.5 Å². The van der Waals surface area contributed by atoms with Crippen molar-refractivity contribution in [2.75, 3.05) is 17.2 Å². The van der Waals surface area contributed by atoms with Gasteiger partial charge in [0.2, 0.25) is 5.91 Å². The van der Waals surface area contributed by atoms with Gasteiger partial charge in [-0.3, -0.25) is 4.79 Å². The van der Waals surface area contributed by atoms with Crippen molar-refractivity contribution in [1.29, 1.82) is 0 Å². The molecule has 2 rings (SSSR count). The number of rotatable bonds is 5. The van der Waals surface area contributed by atoms with Crippen LogP contribution < -0.4 is 10.6 Å². The van der Waals surface area contributed by atoms with Crippen molar-refractivity contribution in [3.8, 4) is 0 Å². The molecule has 0 heterocycles. The van der Waals surface area contributed by atoms with Crippen LogP contribution in [0.15, 0.2) is 42.5 Å². The lowest BCUT2D eigenvalue weighted by Crippen LogP contribution is -2.19. The molecule has 24 heavy (non-hydrogen) atoms. The second kappa shape index (κ2) is 7.29. The average Bonchev–Trinajstić information content (AvgIpc) is 2.49. The van der Waals surface area contributed by atoms with Gasteiger partial charge >= 0.3 is 6.18 Å². The van der Waals surface area contributed by atoms with Crippen LogP contribution in [0.2, 0.25) is 0 Å². The summed E-state index contributed by atoms with van der Waals surface area (Å²) in [6, 6.07) is 7.83. The first-order chi connectivity index (χ1) is 11.3. The van der Waals surface area contributed by atoms with Crippen molar-refractivity contribution in [2.45, 2.75) is 12.6 Å². The molecule has 0 saturated heterocycles. The SMILES string of the molecule is O=C(CCNc1c(F)cccc1F)Nc1ccccc1C(F)(F)F. The molecule has 0 spiro atoms. The maximum Gasteiger partial charge on any atom is 0.418 e. The molecule has 0 saturated carbocycles. The number of alkyl halides is 3. The van der Waals surface area contributed by atoms with E-state index in [-0.39, 0.29) is 24.3 Å². The lowest BCUT2D eigenvalue weighted by atomic mass is 10.1. The van der Waals surface area contributed by atoms with Crippen molar-refractivity contribution >= 4 is 17.3 Å². The van der Waals surface area contributed by atoms with E-state index in [1.165, 1.54) is 18.2 Å². The van der Waals surface area contributed by atoms with Gasteiger partial charge in [0.1, 0.15) is 17.3 Å². The summed E-state index contributed by atoms with van der Waals surface area (Å²) in [7, 11) is 0. The largest absolute Gasteiger partial charge is 0.418 e. The minimum atomic E-state index is -4.60. The molecular weight excluding hydrogens is 331 g/mol. The molecule has 0 fully saturated rings. The zero-order chi connectivity index (χ0) is 17.7. The summed E-state index contributed by atoms with van der Waals surface area (Å²) in [6.07, 6.45) is -4.86. The summed E-state index contributed by atoms with van der Waals surface area (Å²) < 4.78 is 65.2. The molecule has 0 aliphatic heterocycles. The fourth-order valence-electron chi connectivity index (χ4n) is 2.02. The summed E-state index contributed by atoms with van der Waals surface area (Å²) in [6.45, 7) is -0.141. The molecule has 2 N–H and O–H groups in total. The number of carbonyl (C=O) groups excluding carboxylic acids is 1. The van der Waals surface area contributed by atoms with Gasteiger partial charge in [0.15, 0.2) is 0 Å². The number of para-hydroxylation sites is 2. The van der Waals surface area contributed by atoms with Gasteiger partial charge in [-0.2, -0.15) is 13.2 Å². The van der Waals surface area contributed by atoms with Gasteiger partial charge in [-0.15, -0.1) is 0 Å². The maximum atomic E-state index is 13.4. The van der Waals surface area contributed by atoms with Crippen molar-refractivity contribution in [2.24, 2.45) is 0 Å². The molecule has 1 amide bonds. The minimum absolute atomic E-state index is 0.141. The Hall–Kier alpha value is -2.64. The number of anilines is 2. The van der Waals surface area contributed by atoms with Crippen LogP contribution in [0.4, 0.5) is 33.3 Å². The normalized spacial score (nSPS) is 11.2. The van der Waals surface area contributed by atoms with Crippen molar-refractivity contribution in [3.05, 3.63) is 59.7 Å². The van der Waals surface area contributed by atoms with Gasteiger partial charge in [0, 0.05) is 13.0 Å². The average molecular weight is 344 g/mol. The zero-order valence-electron chi connectivity index (χ0n) is 12.3. The van der Waals surface area contributed by atoms with Crippen LogP contribution in [-0.2, 0) is 11.0 Å². The minimum Gasteiger partial charge on any atom is -0.380 e. The number of hydrogen-bond acceptors (Lipinski definition) is 2. The summed E-state index contributed by atoms with van der Waals surface area (Å²) >= 11 is 0. The lowest BCUT2D eigenvalue weighted by Gasteiger charge is -2.14. The summed E-state index contributed by atoms with van der Waals surface area (Å²) in [4.78, 5) is 11.7. The van der Waals surface area contributed by atoms with E-state index in [2.05, 4.69) is 10.6 Å². The fourth-order valence-corrected chi connectivity index (χ4v) is 2.02. The van der Waals surface area contributed by atoms with E-state index >= 15 is 0 Å². The Kier molecular flexibility index (Phi) is 5.38. The first-order valence-corrected chi connectivity index (χ1v) is 6.93. The Bertz CT molecular complexity index is 710. The Labute approximate surface area is 134 Å². The number of nitrogens with one attached hydrogen (secondary N) is 2. The number of hydrogen-bond donors (Lipinski definition) is 2. The molecule has 0 radical (unpaired) electrons. The predicted octanol–water partition coefficient (Wildman–Crippen LogP) is 4.42. The van der Waals surface area contributed by atoms with Gasteiger partial charge in [-0.1, -0.05) is 18.2 Å². The third kappa shape index (κ3) is 4.43. The number of halogens is 5. The Balaban J connectivity index is 1.95. The number of benzene rings is 2. The molecule has 0 aliphatic rings. The van der Waals surface area contributed by atoms with E-state index in [0.717, 1.165) is 24.3 Å². The van der Waals surface area contributed by atoms with Crippen LogP contribution in [0.5, 0.6) is 0 Å². The number of amides is 1. The molecule has 0 unspecified atom stereocenters. The Morgan fingerprint density at radius 3 is 2.21 bits per heavy atom. The highest BCUT2D eigenvalue weighted by molar-refractivity contribution is 5.91. The van der Waals surface area contributed by atoms with Gasteiger partial charge in [0.05, 0.1) is 11.3 Å². The molecule has 0 aliphatic carbocycles. The fraction of sp³-hybridized carbons (Fsp3) is 0.188. The van der Waals surface area contributed by atoms with E-state index < -0.39 is 29.3 Å². The quantitative estimate of drug-likeness (QED) is 0.788. The van der Waals surface area contributed by atoms with Crippen molar-refractivity contribution in [1.82, 2.24) is 0 Å². The Morgan fingerprint density at radius 2 is 1.58 bits per heavy atom. The van der Waals surface area contributed by atoms with Gasteiger partial charge in [-0.25, -0.2) is 8.78 Å². The molecule has 0 atom stereocenters. The van der Waals surface area contributed by atoms with E-state index in [9.17, 15) is 26.7 Å². The van der Waals surface area contributed by atoms with Crippen LogP contribution in [0.25, 0.3) is 0 Å². The maximum absolute atomic E-state index is 13.4.